The third-order valence-electron chi connectivity index (χ3n) is 14.4. The fourth-order valence-electron chi connectivity index (χ4n) is 9.61. The number of esters is 3. The van der Waals surface area contributed by atoms with Gasteiger partial charge in [0.05, 0.1) is 0 Å². The Morgan fingerprint density at radius 2 is 0.465 bits per heavy atom. The molecule has 1 unspecified atom stereocenters. The zero-order valence-electron chi connectivity index (χ0n) is 48.0. The SMILES string of the molecule is CCCCCCCCC/C=C\CCCCCCCC(=O)OC(COC(=O)CCCCCCCC)COC(=O)CCCCCCCCCCCCCCCCCCCCC/C=C\CCCCCCCCCC. The van der Waals surface area contributed by atoms with Crippen LogP contribution in [0.4, 0.5) is 0 Å². The van der Waals surface area contributed by atoms with E-state index in [1.165, 1.54) is 250 Å². The maximum atomic E-state index is 12.8. The van der Waals surface area contributed by atoms with Gasteiger partial charge in [-0.15, -0.1) is 0 Å². The van der Waals surface area contributed by atoms with Crippen molar-refractivity contribution in [1.82, 2.24) is 0 Å². The summed E-state index contributed by atoms with van der Waals surface area (Å²) in [4.78, 5) is 37.9. The lowest BCUT2D eigenvalue weighted by atomic mass is 10.0. The maximum absolute atomic E-state index is 12.8. The second-order valence-corrected chi connectivity index (χ2v) is 21.7. The molecule has 0 rings (SSSR count). The van der Waals surface area contributed by atoms with Gasteiger partial charge in [-0.3, -0.25) is 14.4 Å². The van der Waals surface area contributed by atoms with Crippen LogP contribution in [0.2, 0.25) is 0 Å². The second kappa shape index (κ2) is 60.4. The van der Waals surface area contributed by atoms with Crippen molar-refractivity contribution in [3.63, 3.8) is 0 Å². The van der Waals surface area contributed by atoms with Crippen LogP contribution in [-0.2, 0) is 28.6 Å². The highest BCUT2D eigenvalue weighted by Gasteiger charge is 2.19. The fraction of sp³-hybridized carbons (Fsp3) is 0.892. The van der Waals surface area contributed by atoms with Gasteiger partial charge in [0.2, 0.25) is 0 Å². The molecule has 0 heterocycles. The number of rotatable bonds is 59. The minimum Gasteiger partial charge on any atom is -0.462 e. The second-order valence-electron chi connectivity index (χ2n) is 21.7. The first-order chi connectivity index (χ1) is 35.0. The zero-order chi connectivity index (χ0) is 51.4. The van der Waals surface area contributed by atoms with Gasteiger partial charge in [-0.25, -0.2) is 0 Å². The molecule has 0 aliphatic carbocycles. The van der Waals surface area contributed by atoms with Crippen molar-refractivity contribution in [2.24, 2.45) is 0 Å². The van der Waals surface area contributed by atoms with Crippen molar-refractivity contribution in [3.05, 3.63) is 24.3 Å². The van der Waals surface area contributed by atoms with Crippen LogP contribution in [0.3, 0.4) is 0 Å². The number of allylic oxidation sites excluding steroid dienone is 4. The maximum Gasteiger partial charge on any atom is 0.306 e. The highest BCUT2D eigenvalue weighted by molar-refractivity contribution is 5.71. The molecule has 0 spiro atoms. The molecule has 0 fully saturated rings. The van der Waals surface area contributed by atoms with E-state index in [0.717, 1.165) is 64.2 Å². The van der Waals surface area contributed by atoms with E-state index in [1.54, 1.807) is 0 Å². The van der Waals surface area contributed by atoms with Crippen LogP contribution < -0.4 is 0 Å². The lowest BCUT2D eigenvalue weighted by Crippen LogP contribution is -2.30. The molecule has 0 aromatic rings. The Labute approximate surface area is 443 Å². The van der Waals surface area contributed by atoms with E-state index in [2.05, 4.69) is 45.1 Å². The van der Waals surface area contributed by atoms with Gasteiger partial charge in [-0.05, 0) is 70.6 Å². The molecule has 1 atom stereocenters. The van der Waals surface area contributed by atoms with Gasteiger partial charge in [0, 0.05) is 19.3 Å². The van der Waals surface area contributed by atoms with Crippen molar-refractivity contribution in [2.75, 3.05) is 13.2 Å². The molecule has 0 bridgehead atoms. The number of carbonyl (C=O) groups is 3. The van der Waals surface area contributed by atoms with Gasteiger partial charge < -0.3 is 14.2 Å². The fourth-order valence-corrected chi connectivity index (χ4v) is 9.61. The molecule has 0 saturated carbocycles. The molecule has 0 aliphatic rings. The summed E-state index contributed by atoms with van der Waals surface area (Å²) in [6.45, 7) is 6.62. The van der Waals surface area contributed by atoms with Gasteiger partial charge in [0.25, 0.3) is 0 Å². The molecule has 0 saturated heterocycles. The third-order valence-corrected chi connectivity index (χ3v) is 14.4. The third kappa shape index (κ3) is 58.7. The van der Waals surface area contributed by atoms with Crippen molar-refractivity contribution in [1.29, 1.82) is 0 Å². The Morgan fingerprint density at radius 1 is 0.268 bits per heavy atom. The Hall–Kier alpha value is -2.11. The molecule has 6 nitrogen and oxygen atoms in total. The molecule has 6 heteroatoms. The molecule has 0 aromatic heterocycles. The van der Waals surface area contributed by atoms with E-state index in [4.69, 9.17) is 14.2 Å². The van der Waals surface area contributed by atoms with Crippen molar-refractivity contribution >= 4 is 17.9 Å². The minimum absolute atomic E-state index is 0.0700. The molecular weight excluding hydrogens is 877 g/mol. The number of hydrogen-bond donors (Lipinski definition) is 0. The van der Waals surface area contributed by atoms with Gasteiger partial charge in [-0.1, -0.05) is 289 Å². The van der Waals surface area contributed by atoms with Crippen LogP contribution in [0.15, 0.2) is 24.3 Å². The lowest BCUT2D eigenvalue weighted by molar-refractivity contribution is -0.167. The molecule has 0 radical (unpaired) electrons. The summed E-state index contributed by atoms with van der Waals surface area (Å²) in [7, 11) is 0. The molecule has 71 heavy (non-hydrogen) atoms. The van der Waals surface area contributed by atoms with Gasteiger partial charge in [0.15, 0.2) is 6.10 Å². The Kier molecular flexibility index (Phi) is 58.6. The van der Waals surface area contributed by atoms with E-state index in [0.29, 0.717) is 19.3 Å². The normalized spacial score (nSPS) is 12.1. The molecule has 0 N–H and O–H groups in total. The first kappa shape index (κ1) is 68.9. The average Bonchev–Trinajstić information content (AvgIpc) is 3.37. The number of unbranched alkanes of at least 4 members (excludes halogenated alkanes) is 44. The Morgan fingerprint density at radius 3 is 0.704 bits per heavy atom. The van der Waals surface area contributed by atoms with E-state index < -0.39 is 6.10 Å². The van der Waals surface area contributed by atoms with Crippen molar-refractivity contribution in [2.45, 2.75) is 361 Å². The van der Waals surface area contributed by atoms with E-state index >= 15 is 0 Å². The van der Waals surface area contributed by atoms with E-state index in [1.807, 2.05) is 0 Å². The molecule has 0 amide bonds. The highest BCUT2D eigenvalue weighted by atomic mass is 16.6. The number of ether oxygens (including phenoxy) is 3. The minimum atomic E-state index is -0.769. The molecular formula is C65H122O6. The van der Waals surface area contributed by atoms with Crippen LogP contribution in [-0.4, -0.2) is 37.2 Å². The first-order valence-corrected chi connectivity index (χ1v) is 31.8. The Bertz CT molecular complexity index is 1150. The summed E-state index contributed by atoms with van der Waals surface area (Å²) in [5, 5.41) is 0. The highest BCUT2D eigenvalue weighted by Crippen LogP contribution is 2.17. The summed E-state index contributed by atoms with van der Waals surface area (Å²) >= 11 is 0. The van der Waals surface area contributed by atoms with E-state index in [9.17, 15) is 14.4 Å². The summed E-state index contributed by atoms with van der Waals surface area (Å²) in [6.07, 6.45) is 72.4. The van der Waals surface area contributed by atoms with Crippen molar-refractivity contribution in [3.8, 4) is 0 Å². The average molecular weight is 1000 g/mol. The lowest BCUT2D eigenvalue weighted by Gasteiger charge is -2.18. The quantitative estimate of drug-likeness (QED) is 0.0261. The van der Waals surface area contributed by atoms with Crippen LogP contribution in [0.25, 0.3) is 0 Å². The predicted molar refractivity (Wildman–Crippen MR) is 307 cm³/mol. The zero-order valence-corrected chi connectivity index (χ0v) is 48.0. The standard InChI is InChI=1S/C65H122O6/c1-4-7-10-13-16-18-20-22-24-26-27-28-29-30-31-32-33-34-35-36-37-38-39-40-42-43-45-47-49-52-55-58-64(67)70-61-62(60-69-63(66)57-54-51-15-12-9-6-3)71-65(68)59-56-53-50-48-46-44-41-25-23-21-19-17-14-11-8-5-2/h25-27,41,62H,4-24,28-40,42-61H2,1-3H3/b27-26-,41-25-. The molecule has 0 aliphatic heterocycles. The van der Waals surface area contributed by atoms with E-state index in [-0.39, 0.29) is 31.1 Å². The van der Waals surface area contributed by atoms with Crippen LogP contribution in [0.1, 0.15) is 355 Å². The molecule has 418 valence electrons. The largest absolute Gasteiger partial charge is 0.462 e. The van der Waals surface area contributed by atoms with Crippen LogP contribution in [0, 0.1) is 0 Å². The smallest absolute Gasteiger partial charge is 0.306 e. The van der Waals surface area contributed by atoms with Crippen molar-refractivity contribution < 1.29 is 28.6 Å². The van der Waals surface area contributed by atoms with Gasteiger partial charge >= 0.3 is 17.9 Å². The summed E-state index contributed by atoms with van der Waals surface area (Å²) < 4.78 is 16.8. The van der Waals surface area contributed by atoms with Crippen LogP contribution >= 0.6 is 0 Å². The predicted octanol–water partition coefficient (Wildman–Crippen LogP) is 21.4. The summed E-state index contributed by atoms with van der Waals surface area (Å²) in [5.74, 6) is -0.868. The topological polar surface area (TPSA) is 78.9 Å². The summed E-state index contributed by atoms with van der Waals surface area (Å²) in [6, 6.07) is 0. The molecule has 0 aromatic carbocycles. The summed E-state index contributed by atoms with van der Waals surface area (Å²) in [5.41, 5.74) is 0. The van der Waals surface area contributed by atoms with Gasteiger partial charge in [0.1, 0.15) is 13.2 Å². The van der Waals surface area contributed by atoms with Gasteiger partial charge in [-0.2, -0.15) is 0 Å². The number of carbonyl (C=O) groups excluding carboxylic acids is 3. The first-order valence-electron chi connectivity index (χ1n) is 31.8. The Balaban J connectivity index is 3.95. The number of hydrogen-bond acceptors (Lipinski definition) is 6. The monoisotopic (exact) mass is 999 g/mol. The van der Waals surface area contributed by atoms with Crippen LogP contribution in [0.5, 0.6) is 0 Å².